The Hall–Kier alpha value is -1.79. The minimum absolute atomic E-state index is 0.0801. The van der Waals surface area contributed by atoms with Crippen molar-refractivity contribution in [3.8, 4) is 0 Å². The summed E-state index contributed by atoms with van der Waals surface area (Å²) in [6.45, 7) is 2.34. The van der Waals surface area contributed by atoms with Crippen LogP contribution < -0.4 is 10.6 Å². The Kier molecular flexibility index (Phi) is 6.45. The summed E-state index contributed by atoms with van der Waals surface area (Å²) in [6.07, 6.45) is 4.12. The van der Waals surface area contributed by atoms with E-state index < -0.39 is 17.5 Å². The van der Waals surface area contributed by atoms with E-state index in [-0.39, 0.29) is 18.9 Å². The number of nitrogens with zero attached hydrogens (tertiary/aromatic N) is 1. The highest BCUT2D eigenvalue weighted by molar-refractivity contribution is 5.84. The highest BCUT2D eigenvalue weighted by Crippen LogP contribution is 2.31. The van der Waals surface area contributed by atoms with Gasteiger partial charge in [-0.3, -0.25) is 9.59 Å². The first-order valence-electron chi connectivity index (χ1n) is 7.40. The molecule has 0 heterocycles. The molecule has 0 aromatic heterocycles. The van der Waals surface area contributed by atoms with Crippen LogP contribution in [0.1, 0.15) is 45.4 Å². The third-order valence-corrected chi connectivity index (χ3v) is 3.98. The molecule has 3 N–H and O–H groups in total. The Bertz CT molecular complexity index is 392. The molecule has 1 saturated carbocycles. The second-order valence-corrected chi connectivity index (χ2v) is 5.63. The van der Waals surface area contributed by atoms with Gasteiger partial charge in [0.2, 0.25) is 5.91 Å². The molecule has 1 aliphatic carbocycles. The number of hydrogen-bond acceptors (Lipinski definition) is 3. The molecule has 1 rings (SSSR count). The van der Waals surface area contributed by atoms with E-state index in [2.05, 4.69) is 10.6 Å². The van der Waals surface area contributed by atoms with Crippen LogP contribution in [0.4, 0.5) is 4.79 Å². The second-order valence-electron chi connectivity index (χ2n) is 5.63. The van der Waals surface area contributed by atoms with Gasteiger partial charge in [0.25, 0.3) is 0 Å². The summed E-state index contributed by atoms with van der Waals surface area (Å²) in [6, 6.07) is -0.476. The van der Waals surface area contributed by atoms with Crippen LogP contribution in [-0.2, 0) is 9.59 Å². The van der Waals surface area contributed by atoms with E-state index in [1.807, 2.05) is 6.92 Å². The maximum atomic E-state index is 11.9. The number of rotatable bonds is 6. The molecule has 0 unspecified atom stereocenters. The summed E-state index contributed by atoms with van der Waals surface area (Å²) in [4.78, 5) is 36.1. The monoisotopic (exact) mass is 299 g/mol. The van der Waals surface area contributed by atoms with Gasteiger partial charge in [-0.05, 0) is 19.8 Å². The van der Waals surface area contributed by atoms with Crippen molar-refractivity contribution in [1.82, 2.24) is 15.5 Å². The molecule has 1 aliphatic rings. The molecule has 0 atom stereocenters. The number of carbonyl (C=O) groups excluding carboxylic acids is 2. The SMILES string of the molecule is CCN(C)C(=O)CNC(=O)NC1(CC(=O)O)CCCCC1. The van der Waals surface area contributed by atoms with Crippen molar-refractivity contribution in [2.24, 2.45) is 0 Å². The largest absolute Gasteiger partial charge is 0.481 e. The minimum Gasteiger partial charge on any atom is -0.481 e. The van der Waals surface area contributed by atoms with E-state index in [0.717, 1.165) is 19.3 Å². The molecule has 3 amide bonds. The number of carboxylic acid groups (broad SMARTS) is 1. The smallest absolute Gasteiger partial charge is 0.315 e. The Morgan fingerprint density at radius 2 is 1.81 bits per heavy atom. The fourth-order valence-electron chi connectivity index (χ4n) is 2.62. The van der Waals surface area contributed by atoms with Crippen molar-refractivity contribution in [3.63, 3.8) is 0 Å². The number of carbonyl (C=O) groups is 3. The summed E-state index contributed by atoms with van der Waals surface area (Å²) >= 11 is 0. The number of likely N-dealkylation sites (N-methyl/N-ethyl adjacent to an activating group) is 1. The predicted octanol–water partition coefficient (Wildman–Crippen LogP) is 0.941. The lowest BCUT2D eigenvalue weighted by Crippen LogP contribution is -2.55. The van der Waals surface area contributed by atoms with Gasteiger partial charge < -0.3 is 20.6 Å². The molecule has 120 valence electrons. The molecule has 7 nitrogen and oxygen atoms in total. The minimum atomic E-state index is -0.918. The average molecular weight is 299 g/mol. The van der Waals surface area contributed by atoms with Crippen LogP contribution in [0.15, 0.2) is 0 Å². The summed E-state index contributed by atoms with van der Waals surface area (Å²) < 4.78 is 0. The van der Waals surface area contributed by atoms with Gasteiger partial charge in [0.05, 0.1) is 18.5 Å². The fraction of sp³-hybridized carbons (Fsp3) is 0.786. The summed E-state index contributed by atoms with van der Waals surface area (Å²) in [5.74, 6) is -1.09. The van der Waals surface area contributed by atoms with Gasteiger partial charge in [-0.15, -0.1) is 0 Å². The van der Waals surface area contributed by atoms with Gasteiger partial charge in [-0.1, -0.05) is 19.3 Å². The van der Waals surface area contributed by atoms with Crippen LogP contribution in [0.5, 0.6) is 0 Å². The number of hydrogen-bond donors (Lipinski definition) is 3. The van der Waals surface area contributed by atoms with E-state index in [4.69, 9.17) is 5.11 Å². The molecule has 0 saturated heterocycles. The lowest BCUT2D eigenvalue weighted by Gasteiger charge is -2.36. The van der Waals surface area contributed by atoms with Crippen LogP contribution in [0.25, 0.3) is 0 Å². The second kappa shape index (κ2) is 7.85. The molecule has 0 aromatic carbocycles. The molecular formula is C14H25N3O4. The zero-order valence-corrected chi connectivity index (χ0v) is 12.8. The fourth-order valence-corrected chi connectivity index (χ4v) is 2.62. The van der Waals surface area contributed by atoms with Gasteiger partial charge in [-0.25, -0.2) is 4.79 Å². The topological polar surface area (TPSA) is 98.7 Å². The zero-order chi connectivity index (χ0) is 15.9. The molecule has 0 aliphatic heterocycles. The van der Waals surface area contributed by atoms with Gasteiger partial charge in [-0.2, -0.15) is 0 Å². The first-order valence-corrected chi connectivity index (χ1v) is 7.40. The van der Waals surface area contributed by atoms with Crippen molar-refractivity contribution in [1.29, 1.82) is 0 Å². The Labute approximate surface area is 125 Å². The Balaban J connectivity index is 2.52. The van der Waals surface area contributed by atoms with E-state index in [1.54, 1.807) is 7.05 Å². The van der Waals surface area contributed by atoms with Crippen LogP contribution in [0.2, 0.25) is 0 Å². The van der Waals surface area contributed by atoms with E-state index in [1.165, 1.54) is 4.90 Å². The van der Waals surface area contributed by atoms with Crippen molar-refractivity contribution < 1.29 is 19.5 Å². The predicted molar refractivity (Wildman–Crippen MR) is 77.9 cm³/mol. The van der Waals surface area contributed by atoms with Gasteiger partial charge >= 0.3 is 12.0 Å². The molecule has 21 heavy (non-hydrogen) atoms. The number of aliphatic carboxylic acids is 1. The standard InChI is InChI=1S/C14H25N3O4/c1-3-17(2)11(18)10-15-13(21)16-14(9-12(19)20)7-5-4-6-8-14/h3-10H2,1-2H3,(H,19,20)(H2,15,16,21). The van der Waals surface area contributed by atoms with Crippen molar-refractivity contribution >= 4 is 17.9 Å². The van der Waals surface area contributed by atoms with Crippen LogP contribution in [-0.4, -0.2) is 53.6 Å². The number of amides is 3. The van der Waals surface area contributed by atoms with Crippen LogP contribution in [0.3, 0.4) is 0 Å². The van der Waals surface area contributed by atoms with E-state index >= 15 is 0 Å². The maximum absolute atomic E-state index is 11.9. The molecule has 7 heteroatoms. The van der Waals surface area contributed by atoms with Crippen molar-refractivity contribution in [3.05, 3.63) is 0 Å². The molecular weight excluding hydrogens is 274 g/mol. The number of nitrogens with one attached hydrogen (secondary N) is 2. The van der Waals surface area contributed by atoms with Gasteiger partial charge in [0.15, 0.2) is 0 Å². The third kappa shape index (κ3) is 5.61. The summed E-state index contributed by atoms with van der Waals surface area (Å²) in [7, 11) is 1.66. The highest BCUT2D eigenvalue weighted by atomic mass is 16.4. The number of urea groups is 1. The first kappa shape index (κ1) is 17.3. The lowest BCUT2D eigenvalue weighted by atomic mass is 9.79. The highest BCUT2D eigenvalue weighted by Gasteiger charge is 2.35. The normalized spacial score (nSPS) is 16.9. The molecule has 0 spiro atoms. The maximum Gasteiger partial charge on any atom is 0.315 e. The first-order chi connectivity index (χ1) is 9.88. The Morgan fingerprint density at radius 1 is 1.19 bits per heavy atom. The third-order valence-electron chi connectivity index (χ3n) is 3.98. The van der Waals surface area contributed by atoms with Crippen molar-refractivity contribution in [2.45, 2.75) is 51.0 Å². The summed E-state index contributed by atoms with van der Waals surface area (Å²) in [5.41, 5.74) is -0.687. The van der Waals surface area contributed by atoms with Crippen LogP contribution in [0, 0.1) is 0 Å². The lowest BCUT2D eigenvalue weighted by molar-refractivity contribution is -0.139. The zero-order valence-electron chi connectivity index (χ0n) is 12.8. The average Bonchev–Trinajstić information content (AvgIpc) is 2.43. The molecule has 0 radical (unpaired) electrons. The molecule has 0 aromatic rings. The van der Waals surface area contributed by atoms with E-state index in [9.17, 15) is 14.4 Å². The van der Waals surface area contributed by atoms with Crippen LogP contribution >= 0.6 is 0 Å². The van der Waals surface area contributed by atoms with Gasteiger partial charge in [0, 0.05) is 13.6 Å². The van der Waals surface area contributed by atoms with Crippen molar-refractivity contribution in [2.75, 3.05) is 20.1 Å². The molecule has 0 bridgehead atoms. The summed E-state index contributed by atoms with van der Waals surface area (Å²) in [5, 5.41) is 14.3. The Morgan fingerprint density at radius 3 is 2.33 bits per heavy atom. The number of carboxylic acids is 1. The van der Waals surface area contributed by atoms with Gasteiger partial charge in [0.1, 0.15) is 0 Å². The van der Waals surface area contributed by atoms with E-state index in [0.29, 0.717) is 19.4 Å². The quantitative estimate of drug-likeness (QED) is 0.679. The molecule has 1 fully saturated rings.